The summed E-state index contributed by atoms with van der Waals surface area (Å²) in [6.45, 7) is 6.00. The van der Waals surface area contributed by atoms with Crippen molar-refractivity contribution in [3.05, 3.63) is 0 Å². The predicted molar refractivity (Wildman–Crippen MR) is 34.6 cm³/mol. The fourth-order valence-electron chi connectivity index (χ4n) is 0. The molecule has 0 fully saturated rings. The molecule has 0 aromatic rings. The van der Waals surface area contributed by atoms with Crippen molar-refractivity contribution in [2.24, 2.45) is 0 Å². The molecule has 0 aromatic carbocycles. The second kappa shape index (κ2) is 6.54. The van der Waals surface area contributed by atoms with Crippen LogP contribution in [0.5, 0.6) is 0 Å². The molecule has 0 atom stereocenters. The van der Waals surface area contributed by atoms with Gasteiger partial charge in [0, 0.05) is 5.54 Å². The number of halogens is 2. The first kappa shape index (κ1) is 12.1. The van der Waals surface area contributed by atoms with Crippen molar-refractivity contribution in [3.63, 3.8) is 0 Å². The molecule has 0 heterocycles. The summed E-state index contributed by atoms with van der Waals surface area (Å²) in [6.07, 6.45) is 0. The number of hydrogen-bond acceptors (Lipinski definition) is 1. The standard InChI is InChI=1S/C4H10ClN.ClH.Zr/c1-4(2,3)6-5;;/h6H,1-3H3;1H;/q;;+1/p-1. The van der Waals surface area contributed by atoms with Crippen molar-refractivity contribution in [2.45, 2.75) is 26.3 Å². The molecule has 1 nitrogen and oxygen atoms in total. The fourth-order valence-corrected chi connectivity index (χ4v) is 0. The van der Waals surface area contributed by atoms with Crippen molar-refractivity contribution in [1.29, 1.82) is 0 Å². The Labute approximate surface area is 74.6 Å². The number of nitrogens with one attached hydrogen (secondary N) is 1. The quantitative estimate of drug-likeness (QED) is 0.634. The summed E-state index contributed by atoms with van der Waals surface area (Å²) < 4.78 is 0. The molecule has 0 spiro atoms. The Balaban J connectivity index is 0. The Hall–Kier alpha value is 1.42. The predicted octanol–water partition coefficient (Wildman–Crippen LogP) is 2.22. The second-order valence-corrected chi connectivity index (χ2v) is 2.53. The van der Waals surface area contributed by atoms with E-state index in [1.165, 1.54) is 0 Å². The minimum absolute atomic E-state index is 0.0571. The molecule has 0 unspecified atom stereocenters. The maximum atomic E-state index is 5.23. The normalized spacial score (nSPS) is 9.50. The van der Waals surface area contributed by atoms with E-state index in [0.29, 0.717) is 0 Å². The summed E-state index contributed by atoms with van der Waals surface area (Å²) in [5.74, 6) is 0. The maximum absolute atomic E-state index is 5.23. The van der Waals surface area contributed by atoms with Crippen molar-refractivity contribution >= 4 is 20.3 Å². The third-order valence-electron chi connectivity index (χ3n) is 0.283. The first-order chi connectivity index (χ1) is 3.56. The molecule has 1 N–H and O–H groups in total. The van der Waals surface area contributed by atoms with Gasteiger partial charge in [-0.2, -0.15) is 0 Å². The van der Waals surface area contributed by atoms with E-state index in [-0.39, 0.29) is 5.54 Å². The third kappa shape index (κ3) is 15.7. The van der Waals surface area contributed by atoms with Crippen LogP contribution >= 0.6 is 20.3 Å². The van der Waals surface area contributed by atoms with Crippen molar-refractivity contribution in [2.75, 3.05) is 0 Å². The Morgan fingerprint density at radius 3 is 1.38 bits per heavy atom. The van der Waals surface area contributed by atoms with E-state index in [4.69, 9.17) is 20.3 Å². The van der Waals surface area contributed by atoms with E-state index in [1.807, 2.05) is 20.8 Å². The Morgan fingerprint density at radius 2 is 1.38 bits per heavy atom. The summed E-state index contributed by atoms with van der Waals surface area (Å²) in [6, 6.07) is 0. The van der Waals surface area contributed by atoms with Crippen molar-refractivity contribution < 1.29 is 23.5 Å². The van der Waals surface area contributed by atoms with E-state index in [1.54, 1.807) is 0 Å². The summed E-state index contributed by atoms with van der Waals surface area (Å²) in [5.41, 5.74) is 0.0571. The van der Waals surface area contributed by atoms with E-state index in [9.17, 15) is 0 Å². The first-order valence-electron chi connectivity index (χ1n) is 2.13. The monoisotopic (exact) mass is 232 g/mol. The van der Waals surface area contributed by atoms with Crippen LogP contribution in [0.4, 0.5) is 0 Å². The van der Waals surface area contributed by atoms with Gasteiger partial charge in [-0.1, -0.05) is 0 Å². The second-order valence-electron chi connectivity index (χ2n) is 2.34. The topological polar surface area (TPSA) is 12.0 Å². The molecule has 0 aliphatic carbocycles. The number of hydrogen-bond donors (Lipinski definition) is 1. The summed E-state index contributed by atoms with van der Waals surface area (Å²) in [4.78, 5) is 2.58. The molecular formula is C4H10Cl2NZr. The SMILES string of the molecule is CC(C)(C)NCl.[Cl][Zr]. The van der Waals surface area contributed by atoms with Gasteiger partial charge in [0.05, 0.1) is 0 Å². The average molecular weight is 234 g/mol. The average Bonchev–Trinajstić information content (AvgIpc) is 1.71. The molecule has 0 rings (SSSR count). The van der Waals surface area contributed by atoms with Gasteiger partial charge in [-0.25, -0.2) is 4.84 Å². The molecule has 0 saturated heterocycles. The summed E-state index contributed by atoms with van der Waals surface area (Å²) in [5, 5.41) is 0. The van der Waals surface area contributed by atoms with Gasteiger partial charge < -0.3 is 0 Å². The fraction of sp³-hybridized carbons (Fsp3) is 1.00. The van der Waals surface area contributed by atoms with Gasteiger partial charge in [-0.05, 0) is 32.5 Å². The van der Waals surface area contributed by atoms with Gasteiger partial charge in [0.25, 0.3) is 0 Å². The van der Waals surface area contributed by atoms with Gasteiger partial charge in [-0.15, -0.1) is 0 Å². The van der Waals surface area contributed by atoms with Gasteiger partial charge in [-0.3, -0.25) is 0 Å². The molecule has 0 aromatic heterocycles. The van der Waals surface area contributed by atoms with E-state index in [0.717, 1.165) is 23.5 Å². The van der Waals surface area contributed by atoms with Crippen molar-refractivity contribution in [1.82, 2.24) is 4.84 Å². The van der Waals surface area contributed by atoms with Crippen LogP contribution in [0.15, 0.2) is 0 Å². The molecular weight excluding hydrogens is 224 g/mol. The zero-order valence-corrected chi connectivity index (χ0v) is 9.23. The molecule has 0 saturated carbocycles. The van der Waals surface area contributed by atoms with Crippen LogP contribution in [0.2, 0.25) is 0 Å². The van der Waals surface area contributed by atoms with Crippen LogP contribution in [0.25, 0.3) is 0 Å². The van der Waals surface area contributed by atoms with Gasteiger partial charge >= 0.3 is 32.0 Å². The van der Waals surface area contributed by atoms with Crippen LogP contribution in [-0.2, 0) is 23.5 Å². The molecule has 0 aliphatic rings. The van der Waals surface area contributed by atoms with Crippen LogP contribution in [0.1, 0.15) is 20.8 Å². The zero-order valence-electron chi connectivity index (χ0n) is 5.26. The van der Waals surface area contributed by atoms with E-state index >= 15 is 0 Å². The van der Waals surface area contributed by atoms with E-state index < -0.39 is 0 Å². The van der Waals surface area contributed by atoms with Crippen LogP contribution < -0.4 is 4.84 Å². The van der Waals surface area contributed by atoms with Gasteiger partial charge in [0.15, 0.2) is 0 Å². The molecule has 8 heavy (non-hydrogen) atoms. The van der Waals surface area contributed by atoms with Gasteiger partial charge in [0.2, 0.25) is 0 Å². The molecule has 4 heteroatoms. The molecule has 49 valence electrons. The zero-order chi connectivity index (χ0) is 7.21. The molecule has 0 bridgehead atoms. The summed E-state index contributed by atoms with van der Waals surface area (Å²) in [7, 11) is 4.73. The van der Waals surface area contributed by atoms with Crippen LogP contribution in [0, 0.1) is 0 Å². The Morgan fingerprint density at radius 1 is 1.25 bits per heavy atom. The minimum atomic E-state index is 0.0571. The number of rotatable bonds is 0. The van der Waals surface area contributed by atoms with Crippen LogP contribution in [-0.4, -0.2) is 5.54 Å². The molecule has 0 aliphatic heterocycles. The molecule has 0 radical (unpaired) electrons. The summed E-state index contributed by atoms with van der Waals surface area (Å²) >= 11 is 6.25. The molecule has 0 amide bonds. The van der Waals surface area contributed by atoms with E-state index in [2.05, 4.69) is 4.84 Å². The van der Waals surface area contributed by atoms with Gasteiger partial charge in [0.1, 0.15) is 0 Å². The van der Waals surface area contributed by atoms with Crippen LogP contribution in [0.3, 0.4) is 0 Å². The Kier molecular flexibility index (Phi) is 9.92. The third-order valence-corrected chi connectivity index (χ3v) is 0.850. The first-order valence-corrected chi connectivity index (χ1v) is 5.67. The van der Waals surface area contributed by atoms with Crippen molar-refractivity contribution in [3.8, 4) is 0 Å². The Bertz CT molecular complexity index is 43.8.